The van der Waals surface area contributed by atoms with Gasteiger partial charge in [-0.15, -0.1) is 0 Å². The van der Waals surface area contributed by atoms with Gasteiger partial charge in [-0.2, -0.15) is 0 Å². The Morgan fingerprint density at radius 2 is 1.71 bits per heavy atom. The second-order valence-electron chi connectivity index (χ2n) is 5.29. The fourth-order valence-electron chi connectivity index (χ4n) is 1.79. The van der Waals surface area contributed by atoms with E-state index in [1.165, 1.54) is 0 Å². The van der Waals surface area contributed by atoms with Crippen molar-refractivity contribution in [2.24, 2.45) is 5.92 Å². The maximum atomic E-state index is 12.2. The summed E-state index contributed by atoms with van der Waals surface area (Å²) in [6.45, 7) is 3.77. The van der Waals surface area contributed by atoms with Crippen molar-refractivity contribution in [2.45, 2.75) is 19.9 Å². The highest BCUT2D eigenvalue weighted by Gasteiger charge is 2.24. The van der Waals surface area contributed by atoms with Gasteiger partial charge >= 0.3 is 0 Å². The van der Waals surface area contributed by atoms with Crippen LogP contribution in [0.1, 0.15) is 24.2 Å². The predicted molar refractivity (Wildman–Crippen MR) is 80.9 cm³/mol. The maximum Gasteiger partial charge on any atom is 0.257 e. The van der Waals surface area contributed by atoms with E-state index in [9.17, 15) is 9.59 Å². The van der Waals surface area contributed by atoms with Gasteiger partial charge in [-0.25, -0.2) is 5.01 Å². The lowest BCUT2D eigenvalue weighted by atomic mass is 10.0. The van der Waals surface area contributed by atoms with Crippen molar-refractivity contribution in [1.29, 1.82) is 0 Å². The first-order valence-electron chi connectivity index (χ1n) is 6.78. The molecule has 0 fully saturated rings. The fourth-order valence-corrected chi connectivity index (χ4v) is 1.79. The number of hydrazine groups is 1. The molecule has 0 radical (unpaired) electrons. The van der Waals surface area contributed by atoms with Gasteiger partial charge in [0.2, 0.25) is 0 Å². The standard InChI is InChI=1S/C15H23N3O3/c1-10(2)13(15(20)17-18(3)4)16-14(19)11-6-8-12(21-5)9-7-11/h6-10,13H,1-5H3,(H,16,19)(H,17,20)/t13-/m0/s1. The van der Waals surface area contributed by atoms with E-state index in [2.05, 4.69) is 10.7 Å². The normalized spacial score (nSPS) is 12.1. The fraction of sp³-hybridized carbons (Fsp3) is 0.467. The minimum absolute atomic E-state index is 0.0212. The molecule has 0 aliphatic rings. The van der Waals surface area contributed by atoms with Gasteiger partial charge in [0, 0.05) is 19.7 Å². The molecule has 0 aromatic heterocycles. The van der Waals surface area contributed by atoms with Crippen LogP contribution in [-0.2, 0) is 4.79 Å². The molecular weight excluding hydrogens is 270 g/mol. The minimum Gasteiger partial charge on any atom is -0.497 e. The van der Waals surface area contributed by atoms with Crippen LogP contribution < -0.4 is 15.5 Å². The molecule has 1 rings (SSSR count). The zero-order valence-electron chi connectivity index (χ0n) is 13.1. The molecule has 0 saturated carbocycles. The zero-order chi connectivity index (χ0) is 16.0. The molecule has 0 unspecified atom stereocenters. The van der Waals surface area contributed by atoms with Crippen molar-refractivity contribution in [3.05, 3.63) is 29.8 Å². The topological polar surface area (TPSA) is 70.7 Å². The Bertz CT molecular complexity index is 483. The Labute approximate surface area is 125 Å². The van der Waals surface area contributed by atoms with E-state index in [0.29, 0.717) is 11.3 Å². The van der Waals surface area contributed by atoms with Gasteiger partial charge in [-0.05, 0) is 30.2 Å². The van der Waals surface area contributed by atoms with Crippen molar-refractivity contribution in [3.63, 3.8) is 0 Å². The van der Waals surface area contributed by atoms with E-state index in [4.69, 9.17) is 4.74 Å². The lowest BCUT2D eigenvalue weighted by Crippen LogP contribution is -2.52. The first-order chi connectivity index (χ1) is 9.85. The van der Waals surface area contributed by atoms with Gasteiger partial charge in [0.05, 0.1) is 7.11 Å². The Morgan fingerprint density at radius 1 is 1.14 bits per heavy atom. The third-order valence-electron chi connectivity index (χ3n) is 2.92. The summed E-state index contributed by atoms with van der Waals surface area (Å²) in [5.41, 5.74) is 3.14. The quantitative estimate of drug-likeness (QED) is 0.769. The van der Waals surface area contributed by atoms with Crippen LogP contribution in [0.2, 0.25) is 0 Å². The van der Waals surface area contributed by atoms with Crippen LogP contribution in [-0.4, -0.2) is 44.1 Å². The Kier molecular flexibility index (Phi) is 6.17. The van der Waals surface area contributed by atoms with Crippen LogP contribution >= 0.6 is 0 Å². The number of carbonyl (C=O) groups is 2. The van der Waals surface area contributed by atoms with E-state index >= 15 is 0 Å². The molecule has 1 aromatic carbocycles. The SMILES string of the molecule is COc1ccc(C(=O)N[C@H](C(=O)NN(C)C)C(C)C)cc1. The number of carbonyl (C=O) groups excluding carboxylic acids is 2. The number of amides is 2. The third-order valence-corrected chi connectivity index (χ3v) is 2.92. The Balaban J connectivity index is 2.78. The second-order valence-corrected chi connectivity index (χ2v) is 5.29. The first-order valence-corrected chi connectivity index (χ1v) is 6.78. The third kappa shape index (κ3) is 5.07. The highest BCUT2D eigenvalue weighted by atomic mass is 16.5. The average Bonchev–Trinajstić information content (AvgIpc) is 2.43. The Morgan fingerprint density at radius 3 is 2.14 bits per heavy atom. The molecular formula is C15H23N3O3. The van der Waals surface area contributed by atoms with Crippen LogP contribution in [0.5, 0.6) is 5.75 Å². The molecule has 0 aliphatic carbocycles. The highest BCUT2D eigenvalue weighted by Crippen LogP contribution is 2.12. The van der Waals surface area contributed by atoms with Gasteiger partial charge in [-0.1, -0.05) is 13.8 Å². The molecule has 0 saturated heterocycles. The summed E-state index contributed by atoms with van der Waals surface area (Å²) in [6.07, 6.45) is 0. The molecule has 2 N–H and O–H groups in total. The van der Waals surface area contributed by atoms with E-state index in [1.54, 1.807) is 50.5 Å². The smallest absolute Gasteiger partial charge is 0.257 e. The van der Waals surface area contributed by atoms with Gasteiger partial charge in [-0.3, -0.25) is 15.0 Å². The van der Waals surface area contributed by atoms with Crippen molar-refractivity contribution in [2.75, 3.05) is 21.2 Å². The summed E-state index contributed by atoms with van der Waals surface area (Å²) in [7, 11) is 5.01. The zero-order valence-corrected chi connectivity index (χ0v) is 13.1. The number of ether oxygens (including phenoxy) is 1. The summed E-state index contributed by atoms with van der Waals surface area (Å²) >= 11 is 0. The molecule has 21 heavy (non-hydrogen) atoms. The number of nitrogens with one attached hydrogen (secondary N) is 2. The predicted octanol–water partition coefficient (Wildman–Crippen LogP) is 1.04. The van der Waals surface area contributed by atoms with Crippen molar-refractivity contribution < 1.29 is 14.3 Å². The molecule has 1 aromatic rings. The second kappa shape index (κ2) is 7.64. The van der Waals surface area contributed by atoms with Crippen molar-refractivity contribution >= 4 is 11.8 Å². The molecule has 6 nitrogen and oxygen atoms in total. The van der Waals surface area contributed by atoms with Crippen molar-refractivity contribution in [3.8, 4) is 5.75 Å². The van der Waals surface area contributed by atoms with Crippen LogP contribution in [0.15, 0.2) is 24.3 Å². The van der Waals surface area contributed by atoms with Crippen LogP contribution in [0.25, 0.3) is 0 Å². The van der Waals surface area contributed by atoms with Gasteiger partial charge in [0.25, 0.3) is 11.8 Å². The summed E-state index contributed by atoms with van der Waals surface area (Å²) in [6, 6.07) is 6.14. The van der Waals surface area contributed by atoms with E-state index in [1.807, 2.05) is 13.8 Å². The molecule has 0 heterocycles. The molecule has 0 bridgehead atoms. The number of benzene rings is 1. The molecule has 0 aliphatic heterocycles. The molecule has 1 atom stereocenters. The number of rotatable bonds is 6. The Hall–Kier alpha value is -2.08. The van der Waals surface area contributed by atoms with Crippen molar-refractivity contribution in [1.82, 2.24) is 15.8 Å². The molecule has 6 heteroatoms. The van der Waals surface area contributed by atoms with Gasteiger partial charge in [0.1, 0.15) is 11.8 Å². The molecule has 0 spiro atoms. The van der Waals surface area contributed by atoms with Gasteiger partial charge < -0.3 is 10.1 Å². The minimum atomic E-state index is -0.595. The van der Waals surface area contributed by atoms with Crippen LogP contribution in [0, 0.1) is 5.92 Å². The summed E-state index contributed by atoms with van der Waals surface area (Å²) in [5.74, 6) is 0.131. The summed E-state index contributed by atoms with van der Waals surface area (Å²) < 4.78 is 5.05. The number of nitrogens with zero attached hydrogens (tertiary/aromatic N) is 1. The first kappa shape index (κ1) is 17.0. The monoisotopic (exact) mass is 293 g/mol. The lowest BCUT2D eigenvalue weighted by Gasteiger charge is -2.23. The van der Waals surface area contributed by atoms with Crippen LogP contribution in [0.4, 0.5) is 0 Å². The van der Waals surface area contributed by atoms with E-state index in [-0.39, 0.29) is 17.7 Å². The number of methoxy groups -OCH3 is 1. The van der Waals surface area contributed by atoms with Crippen LogP contribution in [0.3, 0.4) is 0 Å². The molecule has 116 valence electrons. The maximum absolute atomic E-state index is 12.2. The number of hydrogen-bond donors (Lipinski definition) is 2. The average molecular weight is 293 g/mol. The summed E-state index contributed by atoms with van der Waals surface area (Å²) in [4.78, 5) is 24.3. The highest BCUT2D eigenvalue weighted by molar-refractivity contribution is 5.97. The van der Waals surface area contributed by atoms with E-state index < -0.39 is 6.04 Å². The summed E-state index contributed by atoms with van der Waals surface area (Å²) in [5, 5.41) is 4.31. The lowest BCUT2D eigenvalue weighted by molar-refractivity contribution is -0.127. The largest absolute Gasteiger partial charge is 0.497 e. The van der Waals surface area contributed by atoms with E-state index in [0.717, 1.165) is 0 Å². The number of hydrogen-bond acceptors (Lipinski definition) is 4. The molecule has 2 amide bonds. The van der Waals surface area contributed by atoms with Gasteiger partial charge in [0.15, 0.2) is 0 Å².